The summed E-state index contributed by atoms with van der Waals surface area (Å²) in [7, 11) is 0. The maximum Gasteiger partial charge on any atom is 0.125 e. The van der Waals surface area contributed by atoms with Gasteiger partial charge in [0.1, 0.15) is 12.2 Å². The fourth-order valence-corrected chi connectivity index (χ4v) is 0.737. The standard InChI is InChI=1S/C5H6IN3/c6-9-3-1-2-5(7)8-4-9/h1-4H,7H2. The number of rotatable bonds is 0. The van der Waals surface area contributed by atoms with Crippen molar-refractivity contribution in [1.29, 1.82) is 0 Å². The lowest BCUT2D eigenvalue weighted by Crippen LogP contribution is -1.98. The van der Waals surface area contributed by atoms with E-state index in [1.54, 1.807) is 15.5 Å². The van der Waals surface area contributed by atoms with Crippen molar-refractivity contribution in [3.05, 3.63) is 24.2 Å². The average molecular weight is 235 g/mol. The first-order chi connectivity index (χ1) is 4.29. The van der Waals surface area contributed by atoms with Crippen molar-refractivity contribution < 1.29 is 0 Å². The van der Waals surface area contributed by atoms with Crippen molar-refractivity contribution in [2.75, 3.05) is 0 Å². The van der Waals surface area contributed by atoms with Crippen LogP contribution < -0.4 is 5.73 Å². The molecule has 0 spiro atoms. The monoisotopic (exact) mass is 235 g/mol. The summed E-state index contributed by atoms with van der Waals surface area (Å²) >= 11 is 2.10. The molecular weight excluding hydrogens is 229 g/mol. The third kappa shape index (κ3) is 2.05. The number of nitrogens with zero attached hydrogens (tertiary/aromatic N) is 2. The van der Waals surface area contributed by atoms with Gasteiger partial charge in [-0.15, -0.1) is 0 Å². The van der Waals surface area contributed by atoms with E-state index in [4.69, 9.17) is 5.73 Å². The minimum absolute atomic E-state index is 0.533. The summed E-state index contributed by atoms with van der Waals surface area (Å²) in [6.07, 6.45) is 7.10. The van der Waals surface area contributed by atoms with Crippen molar-refractivity contribution in [2.45, 2.75) is 0 Å². The molecule has 0 aliphatic carbocycles. The number of hydrogen-bond donors (Lipinski definition) is 1. The zero-order valence-electron chi connectivity index (χ0n) is 4.66. The van der Waals surface area contributed by atoms with Crippen LogP contribution in [0, 0.1) is 0 Å². The highest BCUT2D eigenvalue weighted by Gasteiger charge is 1.89. The average Bonchev–Trinajstić information content (AvgIpc) is 1.97. The van der Waals surface area contributed by atoms with Crippen LogP contribution in [0.15, 0.2) is 29.2 Å². The number of aliphatic imine (C=N–C) groups is 1. The number of allylic oxidation sites excluding steroid dienone is 2. The van der Waals surface area contributed by atoms with Gasteiger partial charge in [-0.2, -0.15) is 0 Å². The Balaban J connectivity index is 2.75. The Bertz CT molecular complexity index is 183. The molecule has 1 aliphatic heterocycles. The molecule has 48 valence electrons. The van der Waals surface area contributed by atoms with Crippen molar-refractivity contribution >= 4 is 29.2 Å². The van der Waals surface area contributed by atoms with Gasteiger partial charge in [0.05, 0.1) is 22.9 Å². The van der Waals surface area contributed by atoms with Gasteiger partial charge in [0.15, 0.2) is 0 Å². The van der Waals surface area contributed by atoms with Crippen LogP contribution in [0.5, 0.6) is 0 Å². The van der Waals surface area contributed by atoms with Crippen LogP contribution >= 0.6 is 22.9 Å². The Hall–Kier alpha value is -0.520. The second-order valence-electron chi connectivity index (χ2n) is 1.52. The molecular formula is C5H6IN3. The fourth-order valence-electron chi connectivity index (χ4n) is 0.427. The molecule has 2 N–H and O–H groups in total. The molecule has 4 heteroatoms. The van der Waals surface area contributed by atoms with Crippen LogP contribution in [0.25, 0.3) is 0 Å². The van der Waals surface area contributed by atoms with E-state index in [1.807, 2.05) is 12.3 Å². The molecule has 0 aromatic rings. The molecule has 0 amide bonds. The highest BCUT2D eigenvalue weighted by atomic mass is 127. The first kappa shape index (κ1) is 6.60. The zero-order valence-corrected chi connectivity index (χ0v) is 6.82. The highest BCUT2D eigenvalue weighted by Crippen LogP contribution is 2.01. The Morgan fingerprint density at radius 2 is 2.44 bits per heavy atom. The van der Waals surface area contributed by atoms with Gasteiger partial charge in [-0.3, -0.25) is 3.11 Å². The molecule has 1 aliphatic rings. The molecule has 0 aromatic heterocycles. The van der Waals surface area contributed by atoms with Gasteiger partial charge in [0, 0.05) is 6.20 Å². The van der Waals surface area contributed by atoms with Crippen LogP contribution in [-0.2, 0) is 0 Å². The predicted octanol–water partition coefficient (Wildman–Crippen LogP) is 0.994. The van der Waals surface area contributed by atoms with Crippen LogP contribution in [-0.4, -0.2) is 9.45 Å². The van der Waals surface area contributed by atoms with Crippen LogP contribution in [0.4, 0.5) is 0 Å². The molecule has 1 rings (SSSR count). The van der Waals surface area contributed by atoms with E-state index in [0.29, 0.717) is 5.82 Å². The quantitative estimate of drug-likeness (QED) is 0.502. The third-order valence-electron chi connectivity index (χ3n) is 0.813. The van der Waals surface area contributed by atoms with Crippen LogP contribution in [0.2, 0.25) is 0 Å². The Morgan fingerprint density at radius 3 is 3.22 bits per heavy atom. The van der Waals surface area contributed by atoms with E-state index >= 15 is 0 Å². The summed E-state index contributed by atoms with van der Waals surface area (Å²) in [5.74, 6) is 0.533. The van der Waals surface area contributed by atoms with Crippen molar-refractivity contribution in [2.24, 2.45) is 10.7 Å². The van der Waals surface area contributed by atoms with E-state index in [9.17, 15) is 0 Å². The van der Waals surface area contributed by atoms with E-state index in [1.165, 1.54) is 0 Å². The maximum atomic E-state index is 5.38. The highest BCUT2D eigenvalue weighted by molar-refractivity contribution is 14.1. The van der Waals surface area contributed by atoms with Crippen molar-refractivity contribution in [3.8, 4) is 0 Å². The van der Waals surface area contributed by atoms with E-state index in [-0.39, 0.29) is 0 Å². The maximum absolute atomic E-state index is 5.38. The fraction of sp³-hybridized carbons (Fsp3) is 0. The lowest BCUT2D eigenvalue weighted by molar-refractivity contribution is 1.03. The van der Waals surface area contributed by atoms with Gasteiger partial charge in [-0.1, -0.05) is 0 Å². The number of hydrogen-bond acceptors (Lipinski definition) is 3. The Kier molecular flexibility index (Phi) is 2.10. The van der Waals surface area contributed by atoms with Gasteiger partial charge < -0.3 is 5.73 Å². The number of nitrogens with two attached hydrogens (primary N) is 1. The zero-order chi connectivity index (χ0) is 6.69. The first-order valence-corrected chi connectivity index (χ1v) is 3.38. The van der Waals surface area contributed by atoms with Gasteiger partial charge in [-0.05, 0) is 12.2 Å². The molecule has 0 bridgehead atoms. The molecule has 0 saturated carbocycles. The second kappa shape index (κ2) is 2.86. The van der Waals surface area contributed by atoms with E-state index in [2.05, 4.69) is 27.9 Å². The largest absolute Gasteiger partial charge is 0.384 e. The van der Waals surface area contributed by atoms with Gasteiger partial charge in [0.2, 0.25) is 0 Å². The normalized spacial score (nSPS) is 17.4. The number of halogens is 1. The molecule has 0 aromatic carbocycles. The smallest absolute Gasteiger partial charge is 0.125 e. The lowest BCUT2D eigenvalue weighted by Gasteiger charge is -1.97. The SMILES string of the molecule is NC1=CC=CN(I)C=N1. The molecule has 0 saturated heterocycles. The second-order valence-corrected chi connectivity index (χ2v) is 2.64. The topological polar surface area (TPSA) is 41.6 Å². The molecule has 1 heterocycles. The molecule has 0 unspecified atom stereocenters. The van der Waals surface area contributed by atoms with Gasteiger partial charge >= 0.3 is 0 Å². The summed E-state index contributed by atoms with van der Waals surface area (Å²) in [6.45, 7) is 0. The van der Waals surface area contributed by atoms with Gasteiger partial charge in [-0.25, -0.2) is 4.99 Å². The predicted molar refractivity (Wildman–Crippen MR) is 45.8 cm³/mol. The minimum Gasteiger partial charge on any atom is -0.384 e. The Labute approximate surface area is 67.4 Å². The summed E-state index contributed by atoms with van der Waals surface area (Å²) < 4.78 is 1.80. The minimum atomic E-state index is 0.533. The summed E-state index contributed by atoms with van der Waals surface area (Å²) in [4.78, 5) is 3.87. The Morgan fingerprint density at radius 1 is 1.67 bits per heavy atom. The summed E-state index contributed by atoms with van der Waals surface area (Å²) in [6, 6.07) is 0. The molecule has 0 fully saturated rings. The van der Waals surface area contributed by atoms with E-state index < -0.39 is 0 Å². The van der Waals surface area contributed by atoms with Crippen molar-refractivity contribution in [3.63, 3.8) is 0 Å². The van der Waals surface area contributed by atoms with Crippen LogP contribution in [0.1, 0.15) is 0 Å². The van der Waals surface area contributed by atoms with Crippen molar-refractivity contribution in [1.82, 2.24) is 3.11 Å². The molecule has 3 nitrogen and oxygen atoms in total. The molecule has 9 heavy (non-hydrogen) atoms. The summed E-state index contributed by atoms with van der Waals surface area (Å²) in [5.41, 5.74) is 5.38. The molecule has 0 atom stereocenters. The summed E-state index contributed by atoms with van der Waals surface area (Å²) in [5, 5.41) is 0. The first-order valence-electron chi connectivity index (χ1n) is 2.41. The lowest BCUT2D eigenvalue weighted by atomic mass is 10.5. The van der Waals surface area contributed by atoms with Crippen LogP contribution in [0.3, 0.4) is 0 Å². The van der Waals surface area contributed by atoms with Gasteiger partial charge in [0.25, 0.3) is 0 Å². The molecule has 0 radical (unpaired) electrons. The third-order valence-corrected chi connectivity index (χ3v) is 1.38. The van der Waals surface area contributed by atoms with E-state index in [0.717, 1.165) is 0 Å².